The molecule has 34 heavy (non-hydrogen) atoms. The fraction of sp³-hybridized carbons (Fsp3) is 0.440. The van der Waals surface area contributed by atoms with Crippen LogP contribution in [0.2, 0.25) is 64.5 Å². The van der Waals surface area contributed by atoms with E-state index in [1.807, 2.05) is 17.8 Å². The summed E-state index contributed by atoms with van der Waals surface area (Å²) in [6.07, 6.45) is 0. The molecule has 0 aliphatic heterocycles. The zero-order valence-corrected chi connectivity index (χ0v) is 27.6. The Labute approximate surface area is 213 Å². The van der Waals surface area contributed by atoms with Crippen molar-refractivity contribution in [1.82, 2.24) is 0 Å². The molecule has 0 fully saturated rings. The van der Waals surface area contributed by atoms with Crippen molar-refractivity contribution >= 4 is 52.4 Å². The lowest BCUT2D eigenvalue weighted by Crippen LogP contribution is -2.61. The molecule has 2 aromatic rings. The highest BCUT2D eigenvalue weighted by atomic mass is 28.5. The van der Waals surface area contributed by atoms with Crippen LogP contribution in [0.25, 0.3) is 0 Å². The molecule has 0 spiro atoms. The third-order valence-electron chi connectivity index (χ3n) is 6.21. The molecule has 0 aromatic heterocycles. The second kappa shape index (κ2) is 11.4. The van der Waals surface area contributed by atoms with E-state index < -0.39 is 42.1 Å². The quantitative estimate of drug-likeness (QED) is 0.289. The van der Waals surface area contributed by atoms with Gasteiger partial charge < -0.3 is 16.8 Å². The maximum Gasteiger partial charge on any atom is 0.358 e. The summed E-state index contributed by atoms with van der Waals surface area (Å²) in [6, 6.07) is 23.0. The Morgan fingerprint density at radius 3 is 1.38 bits per heavy atom. The molecule has 2 aromatic carbocycles. The summed E-state index contributed by atoms with van der Waals surface area (Å²) in [7, 11) is -9.37. The molecule has 0 radical (unpaired) electrons. The number of benzene rings is 2. The first kappa shape index (κ1) is 29.3. The fourth-order valence-corrected chi connectivity index (χ4v) is 26.7. The van der Waals surface area contributed by atoms with Gasteiger partial charge in [-0.15, -0.1) is 6.58 Å². The predicted octanol–water partition coefficient (Wildman–Crippen LogP) is 5.98. The molecular weight excluding hydrogens is 505 g/mol. The topological polar surface area (TPSA) is 36.9 Å². The first-order chi connectivity index (χ1) is 15.7. The first-order valence-corrected chi connectivity index (χ1v) is 25.9. The van der Waals surface area contributed by atoms with E-state index in [0.29, 0.717) is 0 Å². The molecule has 0 saturated carbocycles. The molecule has 0 saturated heterocycles. The van der Waals surface area contributed by atoms with Crippen LogP contribution < -0.4 is 10.4 Å². The van der Waals surface area contributed by atoms with Crippen molar-refractivity contribution < 1.29 is 16.8 Å². The molecule has 0 amide bonds. The minimum Gasteiger partial charge on any atom is -0.433 e. The zero-order valence-electron chi connectivity index (χ0n) is 22.6. The molecule has 0 aliphatic carbocycles. The third kappa shape index (κ3) is 8.35. The molecule has 0 heterocycles. The standard InChI is InChI=1S/C25H44O4Si5/c1-11-30(3,4)27-34(10,25-20-16-13-17-21-25)29-32(7,8)23-22-31(5,6)28-33(9,26-2)24-18-14-12-15-19-24/h11-21H,1,22-23H2,2-10H3. The summed E-state index contributed by atoms with van der Waals surface area (Å²) in [6.45, 7) is 22.0. The van der Waals surface area contributed by atoms with Crippen molar-refractivity contribution in [3.05, 3.63) is 72.9 Å². The normalized spacial score (nSPS) is 16.5. The van der Waals surface area contributed by atoms with Gasteiger partial charge >= 0.3 is 17.1 Å². The summed E-state index contributed by atoms with van der Waals surface area (Å²) in [5.74, 6) is 0. The monoisotopic (exact) mass is 548 g/mol. The van der Waals surface area contributed by atoms with Gasteiger partial charge in [0.1, 0.15) is 0 Å². The minimum absolute atomic E-state index is 1.03. The highest BCUT2D eigenvalue weighted by Crippen LogP contribution is 2.29. The van der Waals surface area contributed by atoms with Crippen LogP contribution in [0.3, 0.4) is 0 Å². The van der Waals surface area contributed by atoms with E-state index in [1.165, 1.54) is 10.4 Å². The Morgan fingerprint density at radius 1 is 0.618 bits per heavy atom. The van der Waals surface area contributed by atoms with Crippen LogP contribution in [0.4, 0.5) is 0 Å². The molecule has 0 bridgehead atoms. The second-order valence-corrected chi connectivity index (χ2v) is 30.4. The average Bonchev–Trinajstić information content (AvgIpc) is 2.78. The number of hydrogen-bond acceptors (Lipinski definition) is 4. The average molecular weight is 549 g/mol. The van der Waals surface area contributed by atoms with Crippen LogP contribution in [0.15, 0.2) is 72.9 Å². The highest BCUT2D eigenvalue weighted by molar-refractivity contribution is 6.96. The van der Waals surface area contributed by atoms with E-state index in [2.05, 4.69) is 107 Å². The van der Waals surface area contributed by atoms with Gasteiger partial charge in [0.15, 0.2) is 25.0 Å². The van der Waals surface area contributed by atoms with Crippen molar-refractivity contribution in [3.63, 3.8) is 0 Å². The van der Waals surface area contributed by atoms with Gasteiger partial charge in [0.05, 0.1) is 0 Å². The van der Waals surface area contributed by atoms with Crippen molar-refractivity contribution in [1.29, 1.82) is 0 Å². The molecular formula is C25H44O4Si5. The summed E-state index contributed by atoms with van der Waals surface area (Å²) in [5, 5.41) is 2.37. The lowest BCUT2D eigenvalue weighted by molar-refractivity contribution is 0.317. The van der Waals surface area contributed by atoms with Crippen molar-refractivity contribution in [3.8, 4) is 0 Å². The molecule has 188 valence electrons. The summed E-state index contributed by atoms with van der Waals surface area (Å²) in [4.78, 5) is 0. The Hall–Kier alpha value is -0.896. The first-order valence-electron chi connectivity index (χ1n) is 12.1. The molecule has 2 rings (SSSR count). The van der Waals surface area contributed by atoms with Gasteiger partial charge in [-0.25, -0.2) is 0 Å². The van der Waals surface area contributed by atoms with E-state index in [-0.39, 0.29) is 0 Å². The van der Waals surface area contributed by atoms with Gasteiger partial charge in [-0.3, -0.25) is 0 Å². The van der Waals surface area contributed by atoms with Gasteiger partial charge in [-0.2, -0.15) is 0 Å². The Kier molecular flexibility index (Phi) is 9.87. The van der Waals surface area contributed by atoms with Crippen LogP contribution in [-0.2, 0) is 16.8 Å². The van der Waals surface area contributed by atoms with E-state index >= 15 is 0 Å². The Morgan fingerprint density at radius 2 is 1.00 bits per heavy atom. The van der Waals surface area contributed by atoms with Crippen LogP contribution in [0, 0.1) is 0 Å². The van der Waals surface area contributed by atoms with Crippen LogP contribution in [0.1, 0.15) is 0 Å². The lowest BCUT2D eigenvalue weighted by Gasteiger charge is -2.41. The SMILES string of the molecule is C=C[Si](C)(C)O[Si](C)(O[Si](C)(C)CC[Si](C)(C)O[Si](C)(OC)c1ccccc1)c1ccccc1. The van der Waals surface area contributed by atoms with E-state index in [4.69, 9.17) is 16.8 Å². The maximum absolute atomic E-state index is 7.07. The van der Waals surface area contributed by atoms with Crippen molar-refractivity contribution in [2.75, 3.05) is 7.11 Å². The van der Waals surface area contributed by atoms with E-state index in [9.17, 15) is 0 Å². The minimum atomic E-state index is -2.61. The fourth-order valence-electron chi connectivity index (χ4n) is 4.14. The highest BCUT2D eigenvalue weighted by Gasteiger charge is 2.46. The molecule has 2 unspecified atom stereocenters. The number of rotatable bonds is 13. The maximum atomic E-state index is 7.07. The Bertz CT molecular complexity index is 923. The predicted molar refractivity (Wildman–Crippen MR) is 158 cm³/mol. The summed E-state index contributed by atoms with van der Waals surface area (Å²) < 4.78 is 26.8. The Balaban J connectivity index is 2.18. The lowest BCUT2D eigenvalue weighted by atomic mass is 10.4. The van der Waals surface area contributed by atoms with Gasteiger partial charge in [-0.1, -0.05) is 66.4 Å². The smallest absolute Gasteiger partial charge is 0.358 e. The van der Waals surface area contributed by atoms with Crippen LogP contribution in [-0.4, -0.2) is 49.2 Å². The summed E-state index contributed by atoms with van der Waals surface area (Å²) >= 11 is 0. The number of hydrogen-bond donors (Lipinski definition) is 0. The van der Waals surface area contributed by atoms with Gasteiger partial charge in [-0.05, 0) is 74.8 Å². The molecule has 4 nitrogen and oxygen atoms in total. The van der Waals surface area contributed by atoms with Crippen LogP contribution in [0.5, 0.6) is 0 Å². The second-order valence-electron chi connectivity index (χ2n) is 11.0. The molecule has 2 atom stereocenters. The van der Waals surface area contributed by atoms with E-state index in [1.54, 1.807) is 7.11 Å². The van der Waals surface area contributed by atoms with Gasteiger partial charge in [0.2, 0.25) is 0 Å². The molecule has 0 N–H and O–H groups in total. The zero-order chi connectivity index (χ0) is 25.7. The van der Waals surface area contributed by atoms with Gasteiger partial charge in [0, 0.05) is 7.11 Å². The molecule has 9 heteroatoms. The van der Waals surface area contributed by atoms with Crippen LogP contribution >= 0.6 is 0 Å². The van der Waals surface area contributed by atoms with E-state index in [0.717, 1.165) is 12.1 Å². The van der Waals surface area contributed by atoms with Crippen molar-refractivity contribution in [2.24, 2.45) is 0 Å². The third-order valence-corrected chi connectivity index (χ3v) is 25.3. The molecule has 0 aliphatic rings. The largest absolute Gasteiger partial charge is 0.433 e. The van der Waals surface area contributed by atoms with Gasteiger partial charge in [0.25, 0.3) is 0 Å². The van der Waals surface area contributed by atoms with Crippen molar-refractivity contribution in [2.45, 2.75) is 64.5 Å². The summed E-state index contributed by atoms with van der Waals surface area (Å²) in [5.41, 5.74) is 2.00.